The van der Waals surface area contributed by atoms with Crippen molar-refractivity contribution in [3.8, 4) is 17.1 Å². The summed E-state index contributed by atoms with van der Waals surface area (Å²) in [6, 6.07) is 17.9. The summed E-state index contributed by atoms with van der Waals surface area (Å²) in [5.41, 5.74) is 2.36. The van der Waals surface area contributed by atoms with Gasteiger partial charge in [-0.15, -0.1) is 0 Å². The molecule has 3 heterocycles. The van der Waals surface area contributed by atoms with Gasteiger partial charge in [0.1, 0.15) is 0 Å². The van der Waals surface area contributed by atoms with E-state index in [4.69, 9.17) is 11.6 Å². The molecule has 5 aromatic rings. The highest BCUT2D eigenvalue weighted by molar-refractivity contribution is 14.1. The predicted molar refractivity (Wildman–Crippen MR) is 143 cm³/mol. The topological polar surface area (TPSA) is 30.7 Å². The molecule has 0 N–H and O–H groups in total. The van der Waals surface area contributed by atoms with Gasteiger partial charge in [-0.25, -0.2) is 0 Å². The van der Waals surface area contributed by atoms with Crippen LogP contribution in [0.2, 0.25) is 5.02 Å². The van der Waals surface area contributed by atoms with E-state index in [2.05, 4.69) is 9.97 Å². The fourth-order valence-electron chi connectivity index (χ4n) is 3.64. The average molecular weight is 660 g/mol. The van der Waals surface area contributed by atoms with Gasteiger partial charge in [-0.2, -0.15) is 26.3 Å². The second-order valence-corrected chi connectivity index (χ2v) is 9.71. The summed E-state index contributed by atoms with van der Waals surface area (Å²) in [5.74, 6) is 0. The predicted octanol–water partition coefficient (Wildman–Crippen LogP) is 9.38. The molecule has 0 fully saturated rings. The van der Waals surface area contributed by atoms with Gasteiger partial charge in [0.05, 0.1) is 44.9 Å². The molecule has 0 atom stereocenters. The quantitative estimate of drug-likeness (QED) is 0.140. The van der Waals surface area contributed by atoms with E-state index < -0.39 is 23.5 Å². The smallest absolute Gasteiger partial charge is 0.306 e. The fourth-order valence-corrected chi connectivity index (χ4v) is 4.27. The summed E-state index contributed by atoms with van der Waals surface area (Å²) in [5, 5.41) is 0.838. The summed E-state index contributed by atoms with van der Waals surface area (Å²) < 4.78 is 77.7. The molecule has 38 heavy (non-hydrogen) atoms. The van der Waals surface area contributed by atoms with Gasteiger partial charge in [-0.3, -0.25) is 9.97 Å². The fraction of sp³-hybridized carbons (Fsp3) is 0.111. The highest BCUT2D eigenvalue weighted by atomic mass is 127. The molecule has 0 spiro atoms. The van der Waals surface area contributed by atoms with Crippen molar-refractivity contribution in [3.05, 3.63) is 111 Å². The van der Waals surface area contributed by atoms with E-state index in [-0.39, 0.29) is 0 Å². The number of pyridine rings is 2. The van der Waals surface area contributed by atoms with Crippen molar-refractivity contribution < 1.29 is 26.3 Å². The Hall–Kier alpha value is -3.12. The van der Waals surface area contributed by atoms with Crippen molar-refractivity contribution in [2.75, 3.05) is 0 Å². The Balaban J connectivity index is 0.000000236. The second kappa shape index (κ2) is 10.9. The van der Waals surface area contributed by atoms with Crippen LogP contribution in [0, 0.1) is 10.5 Å². The van der Waals surface area contributed by atoms with Crippen LogP contribution in [0.3, 0.4) is 0 Å². The molecule has 0 unspecified atom stereocenters. The van der Waals surface area contributed by atoms with Gasteiger partial charge >= 0.3 is 12.4 Å². The summed E-state index contributed by atoms with van der Waals surface area (Å²) >= 11 is 7.31. The van der Waals surface area contributed by atoms with Gasteiger partial charge in [0.15, 0.2) is 0 Å². The highest BCUT2D eigenvalue weighted by Crippen LogP contribution is 2.36. The van der Waals surface area contributed by atoms with E-state index in [1.165, 1.54) is 18.2 Å². The molecule has 0 amide bonds. The van der Waals surface area contributed by atoms with Crippen molar-refractivity contribution in [2.45, 2.75) is 19.3 Å². The molecule has 0 radical (unpaired) electrons. The number of halogens is 8. The normalized spacial score (nSPS) is 11.8. The molecule has 0 aliphatic carbocycles. The van der Waals surface area contributed by atoms with Gasteiger partial charge < -0.3 is 4.57 Å². The number of benzene rings is 2. The third-order valence-corrected chi connectivity index (χ3v) is 7.00. The lowest BCUT2D eigenvalue weighted by Crippen LogP contribution is -2.04. The zero-order chi connectivity index (χ0) is 27.7. The van der Waals surface area contributed by atoms with E-state index in [9.17, 15) is 26.3 Å². The average Bonchev–Trinajstić information content (AvgIpc) is 3.25. The molecular formula is C27H17ClF6IN3. The third-order valence-electron chi connectivity index (χ3n) is 5.46. The van der Waals surface area contributed by atoms with Crippen LogP contribution in [-0.2, 0) is 12.4 Å². The maximum atomic E-state index is 13.1. The maximum absolute atomic E-state index is 13.1. The number of nitrogens with zero attached hydrogens (tertiary/aromatic N) is 3. The lowest BCUT2D eigenvalue weighted by Gasteiger charge is -2.11. The Morgan fingerprint density at radius 2 is 1.47 bits per heavy atom. The van der Waals surface area contributed by atoms with E-state index in [0.29, 0.717) is 30.9 Å². The minimum absolute atomic E-state index is 0.337. The Kier molecular flexibility index (Phi) is 8.03. The van der Waals surface area contributed by atoms with Crippen LogP contribution in [0.5, 0.6) is 0 Å². The standard InChI is InChI=1S/C20H14F3N3.C7H3ClF3I/c1-13-5-7-16(12-25-13)26-18-8-6-15(20(21,22)23)10-14(18)11-19(26)17-4-2-3-9-24-17;8-5-2-1-4(3-6(5)12)7(9,10)11/h2-12H,1H3;1-3H. The SMILES string of the molecule is Cc1ccc(-n2c(-c3ccccn3)cc3cc(C(F)(F)F)ccc32)cn1.FC(F)(F)c1ccc(Cl)c(I)c1. The van der Waals surface area contributed by atoms with Crippen molar-refractivity contribution in [2.24, 2.45) is 0 Å². The molecule has 0 aliphatic rings. The van der Waals surface area contributed by atoms with Crippen molar-refractivity contribution in [1.82, 2.24) is 14.5 Å². The van der Waals surface area contributed by atoms with Crippen molar-refractivity contribution >= 4 is 45.1 Å². The first-order chi connectivity index (χ1) is 17.8. The van der Waals surface area contributed by atoms with E-state index in [1.807, 2.05) is 35.8 Å². The summed E-state index contributed by atoms with van der Waals surface area (Å²) in [7, 11) is 0. The number of aromatic nitrogens is 3. The zero-order valence-corrected chi connectivity index (χ0v) is 22.4. The largest absolute Gasteiger partial charge is 0.416 e. The number of alkyl halides is 6. The zero-order valence-electron chi connectivity index (χ0n) is 19.4. The molecule has 11 heteroatoms. The van der Waals surface area contributed by atoms with E-state index >= 15 is 0 Å². The summed E-state index contributed by atoms with van der Waals surface area (Å²) in [4.78, 5) is 8.67. The van der Waals surface area contributed by atoms with Crippen LogP contribution >= 0.6 is 34.2 Å². The van der Waals surface area contributed by atoms with Gasteiger partial charge in [0, 0.05) is 20.8 Å². The van der Waals surface area contributed by atoms with Crippen molar-refractivity contribution in [3.63, 3.8) is 0 Å². The molecular weight excluding hydrogens is 643 g/mol. The second-order valence-electron chi connectivity index (χ2n) is 8.14. The van der Waals surface area contributed by atoms with E-state index in [0.717, 1.165) is 29.6 Å². The monoisotopic (exact) mass is 659 g/mol. The van der Waals surface area contributed by atoms with E-state index in [1.54, 1.807) is 47.1 Å². The first-order valence-electron chi connectivity index (χ1n) is 10.9. The maximum Gasteiger partial charge on any atom is 0.416 e. The first kappa shape index (κ1) is 27.9. The molecule has 3 nitrogen and oxygen atoms in total. The molecule has 0 saturated heterocycles. The molecule has 0 bridgehead atoms. The number of rotatable bonds is 2. The first-order valence-corrected chi connectivity index (χ1v) is 12.4. The van der Waals surface area contributed by atoms with Gasteiger partial charge in [0.25, 0.3) is 0 Å². The number of fused-ring (bicyclic) bond motifs is 1. The Bertz CT molecular complexity index is 1560. The van der Waals surface area contributed by atoms with Crippen LogP contribution in [0.1, 0.15) is 16.8 Å². The van der Waals surface area contributed by atoms with Crippen LogP contribution < -0.4 is 0 Å². The lowest BCUT2D eigenvalue weighted by molar-refractivity contribution is -0.138. The van der Waals surface area contributed by atoms with Gasteiger partial charge in [0.2, 0.25) is 0 Å². The number of hydrogen-bond acceptors (Lipinski definition) is 2. The molecule has 2 aromatic carbocycles. The molecule has 5 rings (SSSR count). The minimum atomic E-state index is -4.38. The van der Waals surface area contributed by atoms with Crippen LogP contribution in [0.25, 0.3) is 28.0 Å². The van der Waals surface area contributed by atoms with Crippen LogP contribution in [0.4, 0.5) is 26.3 Å². The molecule has 3 aromatic heterocycles. The van der Waals surface area contributed by atoms with Crippen molar-refractivity contribution in [1.29, 1.82) is 0 Å². The number of hydrogen-bond donors (Lipinski definition) is 0. The minimum Gasteiger partial charge on any atom is -0.306 e. The van der Waals surface area contributed by atoms with Crippen LogP contribution in [0.15, 0.2) is 85.2 Å². The molecule has 0 saturated carbocycles. The summed E-state index contributed by atoms with van der Waals surface area (Å²) in [6.45, 7) is 1.88. The third kappa shape index (κ3) is 6.29. The number of aryl methyl sites for hydroxylation is 1. The highest BCUT2D eigenvalue weighted by Gasteiger charge is 2.31. The molecule has 0 aliphatic heterocycles. The van der Waals surface area contributed by atoms with Gasteiger partial charge in [-0.1, -0.05) is 17.7 Å². The molecule has 196 valence electrons. The van der Waals surface area contributed by atoms with Gasteiger partial charge in [-0.05, 0) is 96.2 Å². The lowest BCUT2D eigenvalue weighted by atomic mass is 10.1. The Morgan fingerprint density at radius 3 is 2.05 bits per heavy atom. The summed E-state index contributed by atoms with van der Waals surface area (Å²) in [6.07, 6.45) is -5.30. The Morgan fingerprint density at radius 1 is 0.789 bits per heavy atom. The Labute approximate surface area is 232 Å². The van der Waals surface area contributed by atoms with Crippen LogP contribution in [-0.4, -0.2) is 14.5 Å².